The van der Waals surface area contributed by atoms with Crippen molar-refractivity contribution in [3.8, 4) is 34.1 Å². The lowest BCUT2D eigenvalue weighted by atomic mass is 9.92. The maximum absolute atomic E-state index is 11.0. The van der Waals surface area contributed by atoms with E-state index >= 15 is 0 Å². The zero-order chi connectivity index (χ0) is 27.4. The van der Waals surface area contributed by atoms with Crippen LogP contribution in [-0.2, 0) is 13.2 Å². The molecule has 0 aliphatic rings. The second-order valence-corrected chi connectivity index (χ2v) is 9.49. The highest BCUT2D eigenvalue weighted by atomic mass is 35.5. The number of ether oxygens (including phenoxy) is 2. The van der Waals surface area contributed by atoms with Crippen LogP contribution in [0, 0.1) is 13.8 Å². The van der Waals surface area contributed by atoms with E-state index in [2.05, 4.69) is 0 Å². The van der Waals surface area contributed by atoms with Crippen molar-refractivity contribution in [3.05, 3.63) is 104 Å². The Morgan fingerprint density at radius 1 is 0.684 bits per heavy atom. The molecule has 38 heavy (non-hydrogen) atoms. The topological polar surface area (TPSA) is 93.1 Å². The first-order valence-electron chi connectivity index (χ1n) is 11.6. The van der Waals surface area contributed by atoms with Gasteiger partial charge in [-0.25, -0.2) is 0 Å². The molecule has 0 spiro atoms. The van der Waals surface area contributed by atoms with Crippen LogP contribution < -0.4 is 9.47 Å². The summed E-state index contributed by atoms with van der Waals surface area (Å²) in [5.41, 5.74) is 6.09. The number of halogens is 2. The molecule has 0 amide bonds. The Hall–Kier alpha value is -4.00. The lowest BCUT2D eigenvalue weighted by Crippen LogP contribution is -2.02. The summed E-state index contributed by atoms with van der Waals surface area (Å²) in [6.45, 7) is 4.42. The van der Waals surface area contributed by atoms with Gasteiger partial charge in [0.25, 0.3) is 0 Å². The monoisotopic (exact) mass is 550 g/mol. The fourth-order valence-electron chi connectivity index (χ4n) is 4.10. The van der Waals surface area contributed by atoms with Gasteiger partial charge in [-0.3, -0.25) is 9.59 Å². The number of benzene rings is 4. The molecular formula is C30H24Cl2O6. The van der Waals surface area contributed by atoms with Crippen molar-refractivity contribution < 1.29 is 29.3 Å². The first kappa shape index (κ1) is 27.0. The van der Waals surface area contributed by atoms with Crippen LogP contribution in [0.5, 0.6) is 23.0 Å². The first-order valence-corrected chi connectivity index (χ1v) is 12.4. The standard InChI is InChI=1S/C30H24Cl2O6/c1-17-19(15-37-29-11-27(35)21(13-33)9-25(29)31)5-3-7-23(17)24-8-4-6-20(18(24)2)16-38-30-12-28(36)22(14-34)10-26(30)32/h3-14,35-36H,15-16H2,1-2H3. The number of rotatable bonds is 9. The van der Waals surface area contributed by atoms with Gasteiger partial charge in [0.1, 0.15) is 36.2 Å². The summed E-state index contributed by atoms with van der Waals surface area (Å²) in [5, 5.41) is 20.4. The largest absolute Gasteiger partial charge is 0.507 e. The summed E-state index contributed by atoms with van der Waals surface area (Å²) in [4.78, 5) is 22.0. The summed E-state index contributed by atoms with van der Waals surface area (Å²) in [6.07, 6.45) is 1.06. The second-order valence-electron chi connectivity index (χ2n) is 8.68. The highest BCUT2D eigenvalue weighted by Crippen LogP contribution is 2.35. The number of phenols is 2. The molecular weight excluding hydrogens is 527 g/mol. The summed E-state index contributed by atoms with van der Waals surface area (Å²) < 4.78 is 11.7. The molecule has 0 saturated carbocycles. The fraction of sp³-hybridized carbons (Fsp3) is 0.133. The third-order valence-electron chi connectivity index (χ3n) is 6.36. The molecule has 4 rings (SSSR count). The number of hydrogen-bond acceptors (Lipinski definition) is 6. The number of aldehydes is 2. The molecule has 4 aromatic carbocycles. The minimum absolute atomic E-state index is 0.0944. The van der Waals surface area contributed by atoms with E-state index in [4.69, 9.17) is 32.7 Å². The highest BCUT2D eigenvalue weighted by molar-refractivity contribution is 6.32. The van der Waals surface area contributed by atoms with E-state index in [9.17, 15) is 19.8 Å². The molecule has 0 saturated heterocycles. The Kier molecular flexibility index (Phi) is 8.25. The van der Waals surface area contributed by atoms with E-state index in [-0.39, 0.29) is 57.4 Å². The zero-order valence-corrected chi connectivity index (χ0v) is 22.1. The normalized spacial score (nSPS) is 10.7. The molecule has 6 nitrogen and oxygen atoms in total. The van der Waals surface area contributed by atoms with Crippen LogP contribution >= 0.6 is 23.2 Å². The summed E-state index contributed by atoms with van der Waals surface area (Å²) in [7, 11) is 0. The predicted molar refractivity (Wildman–Crippen MR) is 147 cm³/mol. The third kappa shape index (κ3) is 5.62. The lowest BCUT2D eigenvalue weighted by molar-refractivity contribution is 0.111. The molecule has 2 N–H and O–H groups in total. The van der Waals surface area contributed by atoms with E-state index in [1.165, 1.54) is 24.3 Å². The van der Waals surface area contributed by atoms with Gasteiger partial charge in [0.05, 0.1) is 21.2 Å². The third-order valence-corrected chi connectivity index (χ3v) is 6.96. The van der Waals surface area contributed by atoms with E-state index < -0.39 is 0 Å². The SMILES string of the molecule is Cc1c(COc2cc(O)c(C=O)cc2Cl)cccc1-c1cccc(COc2cc(O)c(C=O)cc2Cl)c1C. The van der Waals surface area contributed by atoms with Crippen molar-refractivity contribution in [2.75, 3.05) is 0 Å². The van der Waals surface area contributed by atoms with Gasteiger partial charge in [-0.05, 0) is 59.4 Å². The van der Waals surface area contributed by atoms with Gasteiger partial charge >= 0.3 is 0 Å². The van der Waals surface area contributed by atoms with Crippen molar-refractivity contribution in [2.24, 2.45) is 0 Å². The summed E-state index contributed by atoms with van der Waals surface area (Å²) in [5.74, 6) is 0.160. The van der Waals surface area contributed by atoms with Gasteiger partial charge in [0.2, 0.25) is 0 Å². The van der Waals surface area contributed by atoms with Crippen LogP contribution in [-0.4, -0.2) is 22.8 Å². The molecule has 194 valence electrons. The molecule has 0 aliphatic heterocycles. The minimum Gasteiger partial charge on any atom is -0.507 e. The van der Waals surface area contributed by atoms with Crippen LogP contribution in [0.25, 0.3) is 11.1 Å². The van der Waals surface area contributed by atoms with Crippen molar-refractivity contribution in [2.45, 2.75) is 27.1 Å². The maximum atomic E-state index is 11.0. The number of carbonyl (C=O) groups excluding carboxylic acids is 2. The van der Waals surface area contributed by atoms with Gasteiger partial charge in [0, 0.05) is 12.1 Å². The molecule has 0 heterocycles. The van der Waals surface area contributed by atoms with Crippen molar-refractivity contribution >= 4 is 35.8 Å². The van der Waals surface area contributed by atoms with Gasteiger partial charge in [0.15, 0.2) is 12.6 Å². The Balaban J connectivity index is 1.56. The number of phenolic OH excluding ortho intramolecular Hbond substituents is 2. The Morgan fingerprint density at radius 2 is 1.08 bits per heavy atom. The van der Waals surface area contributed by atoms with E-state index in [1.54, 1.807) is 0 Å². The van der Waals surface area contributed by atoms with Gasteiger partial charge in [-0.15, -0.1) is 0 Å². The van der Waals surface area contributed by atoms with Crippen LogP contribution in [0.1, 0.15) is 43.0 Å². The van der Waals surface area contributed by atoms with Crippen molar-refractivity contribution in [1.29, 1.82) is 0 Å². The molecule has 0 fully saturated rings. The Labute approximate surface area is 230 Å². The first-order chi connectivity index (χ1) is 18.2. The maximum Gasteiger partial charge on any atom is 0.153 e. The van der Waals surface area contributed by atoms with Crippen molar-refractivity contribution in [3.63, 3.8) is 0 Å². The van der Waals surface area contributed by atoms with Crippen LogP contribution in [0.15, 0.2) is 60.7 Å². The molecule has 0 aromatic heterocycles. The fourth-order valence-corrected chi connectivity index (χ4v) is 4.55. The number of carbonyl (C=O) groups is 2. The zero-order valence-electron chi connectivity index (χ0n) is 20.6. The highest BCUT2D eigenvalue weighted by Gasteiger charge is 2.15. The minimum atomic E-state index is -0.198. The average Bonchev–Trinajstić information content (AvgIpc) is 2.90. The van der Waals surface area contributed by atoms with E-state index in [0.717, 1.165) is 33.4 Å². The molecule has 8 heteroatoms. The summed E-state index contributed by atoms with van der Waals surface area (Å²) in [6, 6.07) is 17.2. The Bertz CT molecular complexity index is 1420. The van der Waals surface area contributed by atoms with Gasteiger partial charge in [-0.2, -0.15) is 0 Å². The average molecular weight is 551 g/mol. The molecule has 0 aliphatic carbocycles. The number of hydrogen-bond donors (Lipinski definition) is 2. The van der Waals surface area contributed by atoms with Crippen molar-refractivity contribution in [1.82, 2.24) is 0 Å². The van der Waals surface area contributed by atoms with Crippen LogP contribution in [0.4, 0.5) is 0 Å². The smallest absolute Gasteiger partial charge is 0.153 e. The van der Waals surface area contributed by atoms with E-state index in [0.29, 0.717) is 12.6 Å². The lowest BCUT2D eigenvalue weighted by Gasteiger charge is -2.17. The molecule has 0 atom stereocenters. The van der Waals surface area contributed by atoms with E-state index in [1.807, 2.05) is 50.2 Å². The quantitative estimate of drug-likeness (QED) is 0.210. The Morgan fingerprint density at radius 3 is 1.45 bits per heavy atom. The molecule has 0 radical (unpaired) electrons. The second kappa shape index (κ2) is 11.6. The number of aromatic hydroxyl groups is 2. The predicted octanol–water partition coefficient (Wildman–Crippen LogP) is 7.47. The molecule has 0 unspecified atom stereocenters. The van der Waals surface area contributed by atoms with Gasteiger partial charge < -0.3 is 19.7 Å². The molecule has 0 bridgehead atoms. The summed E-state index contributed by atoms with van der Waals surface area (Å²) >= 11 is 12.4. The van der Waals surface area contributed by atoms with Crippen LogP contribution in [0.2, 0.25) is 10.0 Å². The van der Waals surface area contributed by atoms with Gasteiger partial charge in [-0.1, -0.05) is 59.6 Å². The molecule has 4 aromatic rings. The van der Waals surface area contributed by atoms with Crippen LogP contribution in [0.3, 0.4) is 0 Å².